The van der Waals surface area contributed by atoms with Gasteiger partial charge in [-0.2, -0.15) is 0 Å². The molecular weight excluding hydrogens is 191 g/mol. The second kappa shape index (κ2) is 4.95. The first-order chi connectivity index (χ1) is 7.00. The number of benzene rings is 1. The van der Waals surface area contributed by atoms with E-state index in [1.807, 2.05) is 13.8 Å². The Kier molecular flexibility index (Phi) is 3.88. The lowest BCUT2D eigenvalue weighted by Gasteiger charge is -2.05. The zero-order valence-electron chi connectivity index (χ0n) is 9.21. The molecule has 0 saturated heterocycles. The fraction of sp³-hybridized carbons (Fsp3) is 0.385. The third-order valence-corrected chi connectivity index (χ3v) is 2.15. The summed E-state index contributed by atoms with van der Waals surface area (Å²) in [4.78, 5) is 0. The van der Waals surface area contributed by atoms with Gasteiger partial charge in [-0.3, -0.25) is 0 Å². The van der Waals surface area contributed by atoms with Gasteiger partial charge in [0.15, 0.2) is 0 Å². The molecular formula is C13H15FO. The fourth-order valence-corrected chi connectivity index (χ4v) is 1.05. The predicted octanol–water partition coefficient (Wildman–Crippen LogP) is 2.50. The van der Waals surface area contributed by atoms with Crippen molar-refractivity contribution in [1.82, 2.24) is 0 Å². The van der Waals surface area contributed by atoms with Crippen molar-refractivity contribution in [2.75, 3.05) is 0 Å². The summed E-state index contributed by atoms with van der Waals surface area (Å²) in [6.45, 7) is 5.49. The van der Waals surface area contributed by atoms with Gasteiger partial charge in [0.25, 0.3) is 0 Å². The van der Waals surface area contributed by atoms with E-state index in [4.69, 9.17) is 0 Å². The van der Waals surface area contributed by atoms with Crippen molar-refractivity contribution in [2.24, 2.45) is 5.92 Å². The van der Waals surface area contributed by atoms with Crippen LogP contribution in [0, 0.1) is 30.5 Å². The van der Waals surface area contributed by atoms with Crippen LogP contribution in [0.25, 0.3) is 0 Å². The zero-order valence-corrected chi connectivity index (χ0v) is 9.21. The molecule has 1 nitrogen and oxygen atoms in total. The molecule has 1 aromatic rings. The van der Waals surface area contributed by atoms with E-state index in [-0.39, 0.29) is 11.7 Å². The maximum Gasteiger partial charge on any atom is 0.126 e. The minimum absolute atomic E-state index is 0.110. The van der Waals surface area contributed by atoms with E-state index < -0.39 is 6.10 Å². The summed E-state index contributed by atoms with van der Waals surface area (Å²) in [5.41, 5.74) is 1.30. The standard InChI is InChI=1S/C13H15FO/c1-9(2)13(15)7-5-11-4-6-12(14)10(3)8-11/h4,6,8-9,13,15H,1-3H3. The Balaban J connectivity index is 2.85. The lowest BCUT2D eigenvalue weighted by molar-refractivity contribution is 0.181. The summed E-state index contributed by atoms with van der Waals surface area (Å²) in [5.74, 6) is 5.43. The molecule has 0 bridgehead atoms. The van der Waals surface area contributed by atoms with Gasteiger partial charge in [-0.15, -0.1) is 0 Å². The van der Waals surface area contributed by atoms with Gasteiger partial charge in [0.2, 0.25) is 0 Å². The monoisotopic (exact) mass is 206 g/mol. The van der Waals surface area contributed by atoms with E-state index in [1.165, 1.54) is 6.07 Å². The highest BCUT2D eigenvalue weighted by atomic mass is 19.1. The Morgan fingerprint density at radius 2 is 2.00 bits per heavy atom. The van der Waals surface area contributed by atoms with Gasteiger partial charge in [-0.1, -0.05) is 25.7 Å². The molecule has 0 fully saturated rings. The van der Waals surface area contributed by atoms with Crippen LogP contribution in [0.2, 0.25) is 0 Å². The minimum Gasteiger partial charge on any atom is -0.380 e. The van der Waals surface area contributed by atoms with Crippen LogP contribution in [0.5, 0.6) is 0 Å². The maximum atomic E-state index is 12.9. The maximum absolute atomic E-state index is 12.9. The first-order valence-corrected chi connectivity index (χ1v) is 4.96. The van der Waals surface area contributed by atoms with E-state index >= 15 is 0 Å². The third-order valence-electron chi connectivity index (χ3n) is 2.15. The largest absolute Gasteiger partial charge is 0.380 e. The van der Waals surface area contributed by atoms with E-state index in [0.717, 1.165) is 5.56 Å². The Hall–Kier alpha value is -1.33. The van der Waals surface area contributed by atoms with Gasteiger partial charge in [-0.05, 0) is 36.6 Å². The van der Waals surface area contributed by atoms with Crippen LogP contribution in [0.1, 0.15) is 25.0 Å². The number of aryl methyl sites for hydroxylation is 1. The fourth-order valence-electron chi connectivity index (χ4n) is 1.05. The van der Waals surface area contributed by atoms with Gasteiger partial charge in [0.1, 0.15) is 11.9 Å². The van der Waals surface area contributed by atoms with Crippen molar-refractivity contribution in [2.45, 2.75) is 26.9 Å². The molecule has 0 aromatic heterocycles. The zero-order chi connectivity index (χ0) is 11.4. The lowest BCUT2D eigenvalue weighted by Crippen LogP contribution is -2.11. The molecule has 2 heteroatoms. The molecule has 1 rings (SSSR count). The van der Waals surface area contributed by atoms with Crippen molar-refractivity contribution in [1.29, 1.82) is 0 Å². The molecule has 0 heterocycles. The lowest BCUT2D eigenvalue weighted by atomic mass is 10.1. The molecule has 1 atom stereocenters. The van der Waals surface area contributed by atoms with Crippen LogP contribution in [0.3, 0.4) is 0 Å². The summed E-state index contributed by atoms with van der Waals surface area (Å²) < 4.78 is 12.9. The van der Waals surface area contributed by atoms with Gasteiger partial charge < -0.3 is 5.11 Å². The van der Waals surface area contributed by atoms with Crippen molar-refractivity contribution in [3.05, 3.63) is 35.1 Å². The van der Waals surface area contributed by atoms with Crippen LogP contribution < -0.4 is 0 Å². The van der Waals surface area contributed by atoms with Crippen LogP contribution in [0.4, 0.5) is 4.39 Å². The van der Waals surface area contributed by atoms with Crippen LogP contribution in [0.15, 0.2) is 18.2 Å². The molecule has 1 N–H and O–H groups in total. The van der Waals surface area contributed by atoms with Crippen LogP contribution in [-0.2, 0) is 0 Å². The van der Waals surface area contributed by atoms with Crippen molar-refractivity contribution in [3.63, 3.8) is 0 Å². The predicted molar refractivity (Wildman–Crippen MR) is 58.9 cm³/mol. The Labute approximate surface area is 89.9 Å². The number of hydrogen-bond donors (Lipinski definition) is 1. The highest BCUT2D eigenvalue weighted by Gasteiger charge is 2.03. The molecule has 1 aromatic carbocycles. The Morgan fingerprint density at radius 3 is 2.53 bits per heavy atom. The normalized spacial score (nSPS) is 12.1. The van der Waals surface area contributed by atoms with E-state index in [9.17, 15) is 9.50 Å². The molecule has 0 spiro atoms. The first-order valence-electron chi connectivity index (χ1n) is 4.96. The number of aliphatic hydroxyl groups is 1. The topological polar surface area (TPSA) is 20.2 Å². The second-order valence-corrected chi connectivity index (χ2v) is 3.92. The van der Waals surface area contributed by atoms with E-state index in [2.05, 4.69) is 11.8 Å². The number of aliphatic hydroxyl groups excluding tert-OH is 1. The molecule has 1 unspecified atom stereocenters. The molecule has 0 saturated carbocycles. The van der Waals surface area contributed by atoms with Gasteiger partial charge >= 0.3 is 0 Å². The summed E-state index contributed by atoms with van der Waals surface area (Å²) >= 11 is 0. The van der Waals surface area contributed by atoms with Gasteiger partial charge in [0.05, 0.1) is 0 Å². The quantitative estimate of drug-likeness (QED) is 0.700. The molecule has 0 aliphatic heterocycles. The van der Waals surface area contributed by atoms with E-state index in [0.29, 0.717) is 5.56 Å². The minimum atomic E-state index is -0.629. The number of rotatable bonds is 1. The summed E-state index contributed by atoms with van der Waals surface area (Å²) in [7, 11) is 0. The number of hydrogen-bond acceptors (Lipinski definition) is 1. The molecule has 0 aliphatic carbocycles. The van der Waals surface area contributed by atoms with Gasteiger partial charge in [-0.25, -0.2) is 4.39 Å². The first kappa shape index (κ1) is 11.7. The Bertz CT molecular complexity index is 399. The SMILES string of the molecule is Cc1cc(C#CC(O)C(C)C)ccc1F. The molecule has 0 amide bonds. The highest BCUT2D eigenvalue weighted by molar-refractivity contribution is 5.37. The van der Waals surface area contributed by atoms with Crippen molar-refractivity contribution < 1.29 is 9.50 Å². The van der Waals surface area contributed by atoms with Crippen molar-refractivity contribution >= 4 is 0 Å². The van der Waals surface area contributed by atoms with E-state index in [1.54, 1.807) is 19.1 Å². The average Bonchev–Trinajstić information content (AvgIpc) is 2.19. The average molecular weight is 206 g/mol. The van der Waals surface area contributed by atoms with Crippen molar-refractivity contribution in [3.8, 4) is 11.8 Å². The molecule has 80 valence electrons. The summed E-state index contributed by atoms with van der Waals surface area (Å²) in [6, 6.07) is 4.68. The summed E-state index contributed by atoms with van der Waals surface area (Å²) in [5, 5.41) is 9.46. The molecule has 0 aliphatic rings. The molecule has 0 radical (unpaired) electrons. The smallest absolute Gasteiger partial charge is 0.126 e. The molecule has 15 heavy (non-hydrogen) atoms. The number of halogens is 1. The third kappa shape index (κ3) is 3.38. The van der Waals surface area contributed by atoms with Crippen LogP contribution >= 0.6 is 0 Å². The highest BCUT2D eigenvalue weighted by Crippen LogP contribution is 2.08. The van der Waals surface area contributed by atoms with Crippen LogP contribution in [-0.4, -0.2) is 11.2 Å². The Morgan fingerprint density at radius 1 is 1.33 bits per heavy atom. The summed E-state index contributed by atoms with van der Waals surface area (Å²) in [6.07, 6.45) is -0.629. The second-order valence-electron chi connectivity index (χ2n) is 3.92. The van der Waals surface area contributed by atoms with Gasteiger partial charge in [0, 0.05) is 5.56 Å².